The third-order valence-corrected chi connectivity index (χ3v) is 6.38. The van der Waals surface area contributed by atoms with Gasteiger partial charge >= 0.3 is 0 Å². The molecule has 0 N–H and O–H groups in total. The third-order valence-electron chi connectivity index (χ3n) is 5.56. The maximum absolute atomic E-state index is 13.7. The zero-order valence-electron chi connectivity index (χ0n) is 16.9. The number of hydrogen-bond donors (Lipinski definition) is 0. The number of amides is 1. The molecule has 0 saturated carbocycles. The summed E-state index contributed by atoms with van der Waals surface area (Å²) in [5, 5.41) is 3.95. The fourth-order valence-corrected chi connectivity index (χ4v) is 4.66. The number of piperidine rings is 1. The van der Waals surface area contributed by atoms with Crippen LogP contribution >= 0.6 is 11.5 Å². The van der Waals surface area contributed by atoms with E-state index in [1.165, 1.54) is 12.3 Å². The number of imidazole rings is 1. The number of aromatic nitrogens is 6. The van der Waals surface area contributed by atoms with Crippen LogP contribution in [0, 0.1) is 18.7 Å². The summed E-state index contributed by atoms with van der Waals surface area (Å²) in [6, 6.07) is 4.89. The zero-order valence-corrected chi connectivity index (χ0v) is 17.7. The average molecular weight is 438 g/mol. The predicted octanol–water partition coefficient (Wildman–Crippen LogP) is 3.19. The Morgan fingerprint density at radius 1 is 1.29 bits per heavy atom. The predicted molar refractivity (Wildman–Crippen MR) is 113 cm³/mol. The molecular formula is C21H20FN7OS. The van der Waals surface area contributed by atoms with E-state index in [2.05, 4.69) is 19.6 Å². The lowest BCUT2D eigenvalue weighted by molar-refractivity contribution is 0.0676. The van der Waals surface area contributed by atoms with Crippen LogP contribution in [-0.2, 0) is 6.42 Å². The maximum atomic E-state index is 13.7. The van der Waals surface area contributed by atoms with Gasteiger partial charge in [0.05, 0.1) is 11.9 Å². The first-order valence-corrected chi connectivity index (χ1v) is 10.9. The first-order valence-electron chi connectivity index (χ1n) is 10.1. The highest BCUT2D eigenvalue weighted by molar-refractivity contribution is 7.07. The van der Waals surface area contributed by atoms with Gasteiger partial charge in [0.1, 0.15) is 22.0 Å². The fraction of sp³-hybridized carbons (Fsp3) is 0.333. The summed E-state index contributed by atoms with van der Waals surface area (Å²) < 4.78 is 19.2. The molecule has 8 nitrogen and oxygen atoms in total. The van der Waals surface area contributed by atoms with Crippen LogP contribution in [0.3, 0.4) is 0 Å². The molecule has 4 aromatic rings. The van der Waals surface area contributed by atoms with Gasteiger partial charge in [-0.25, -0.2) is 19.3 Å². The van der Waals surface area contributed by atoms with Gasteiger partial charge in [0.2, 0.25) is 0 Å². The Labute approximate surface area is 182 Å². The van der Waals surface area contributed by atoms with Gasteiger partial charge in [-0.3, -0.25) is 9.20 Å². The summed E-state index contributed by atoms with van der Waals surface area (Å²) in [6.07, 6.45) is 7.48. The molecule has 5 heterocycles. The van der Waals surface area contributed by atoms with Crippen LogP contribution in [0.25, 0.3) is 17.2 Å². The monoisotopic (exact) mass is 437 g/mol. The van der Waals surface area contributed by atoms with Crippen molar-refractivity contribution < 1.29 is 9.18 Å². The van der Waals surface area contributed by atoms with Gasteiger partial charge < -0.3 is 4.90 Å². The lowest BCUT2D eigenvalue weighted by atomic mass is 9.93. The second-order valence-electron chi connectivity index (χ2n) is 7.74. The molecule has 0 aromatic carbocycles. The molecule has 1 aliphatic heterocycles. The molecule has 1 saturated heterocycles. The number of pyridine rings is 1. The van der Waals surface area contributed by atoms with E-state index in [4.69, 9.17) is 4.98 Å². The third kappa shape index (κ3) is 3.90. The zero-order chi connectivity index (χ0) is 21.4. The van der Waals surface area contributed by atoms with Crippen molar-refractivity contribution in [2.45, 2.75) is 26.2 Å². The van der Waals surface area contributed by atoms with Gasteiger partial charge in [-0.05, 0) is 61.8 Å². The molecule has 0 unspecified atom stereocenters. The number of nitrogens with zero attached hydrogens (tertiary/aromatic N) is 7. The molecule has 0 radical (unpaired) electrons. The molecule has 1 atom stereocenters. The molecule has 1 aliphatic rings. The lowest BCUT2D eigenvalue weighted by Gasteiger charge is -2.32. The Bertz CT molecular complexity index is 1250. The minimum Gasteiger partial charge on any atom is -0.338 e. The van der Waals surface area contributed by atoms with Crippen molar-refractivity contribution in [2.75, 3.05) is 13.1 Å². The molecule has 0 bridgehead atoms. The maximum Gasteiger partial charge on any atom is 0.267 e. The lowest BCUT2D eigenvalue weighted by Crippen LogP contribution is -2.40. The van der Waals surface area contributed by atoms with Crippen LogP contribution in [-0.4, -0.2) is 52.8 Å². The van der Waals surface area contributed by atoms with Crippen LogP contribution < -0.4 is 0 Å². The Kier molecular flexibility index (Phi) is 5.14. The smallest absolute Gasteiger partial charge is 0.267 e. The van der Waals surface area contributed by atoms with Crippen molar-refractivity contribution >= 4 is 23.1 Å². The molecular weight excluding hydrogens is 417 g/mol. The van der Waals surface area contributed by atoms with E-state index >= 15 is 0 Å². The number of hydrogen-bond acceptors (Lipinski definition) is 7. The average Bonchev–Trinajstić information content (AvgIpc) is 3.39. The second kappa shape index (κ2) is 8.10. The van der Waals surface area contributed by atoms with Gasteiger partial charge in [-0.15, -0.1) is 5.10 Å². The van der Waals surface area contributed by atoms with E-state index in [1.807, 2.05) is 17.9 Å². The first kappa shape index (κ1) is 19.7. The number of halogens is 1. The van der Waals surface area contributed by atoms with Gasteiger partial charge in [0.25, 0.3) is 5.91 Å². The SMILES string of the molecule is Cc1nnsc1C(=O)N1CCC[C@@H](Cc2ccnc(-c3cnc4ccc(F)cn34)n2)C1. The molecule has 1 fully saturated rings. The molecule has 5 rings (SSSR count). The van der Waals surface area contributed by atoms with Gasteiger partial charge in [-0.2, -0.15) is 0 Å². The van der Waals surface area contributed by atoms with Crippen molar-refractivity contribution in [1.82, 2.24) is 33.8 Å². The number of rotatable bonds is 4. The van der Waals surface area contributed by atoms with Crippen LogP contribution in [0.2, 0.25) is 0 Å². The van der Waals surface area contributed by atoms with E-state index in [0.29, 0.717) is 40.2 Å². The molecule has 31 heavy (non-hydrogen) atoms. The van der Waals surface area contributed by atoms with E-state index in [1.54, 1.807) is 22.9 Å². The summed E-state index contributed by atoms with van der Waals surface area (Å²) >= 11 is 1.15. The van der Waals surface area contributed by atoms with Gasteiger partial charge in [0.15, 0.2) is 5.82 Å². The summed E-state index contributed by atoms with van der Waals surface area (Å²) in [5.41, 5.74) is 2.86. The van der Waals surface area contributed by atoms with Crippen LogP contribution in [0.1, 0.15) is 33.9 Å². The highest BCUT2D eigenvalue weighted by Crippen LogP contribution is 2.24. The molecule has 1 amide bonds. The standard InChI is InChI=1S/C21H20FN7OS/c1-13-19(31-27-26-13)21(30)28-8-2-3-14(11-28)9-16-6-7-23-20(25-16)17-10-24-18-5-4-15(22)12-29(17)18/h4-7,10,12,14H,2-3,8-9,11H2,1H3/t14-/m0/s1. The summed E-state index contributed by atoms with van der Waals surface area (Å²) in [7, 11) is 0. The molecule has 10 heteroatoms. The van der Waals surface area contributed by atoms with Crippen LogP contribution in [0.4, 0.5) is 4.39 Å². The number of carbonyl (C=O) groups is 1. The van der Waals surface area contributed by atoms with E-state index < -0.39 is 0 Å². The Hall–Kier alpha value is -3.27. The van der Waals surface area contributed by atoms with Crippen LogP contribution in [0.15, 0.2) is 36.8 Å². The Balaban J connectivity index is 1.34. The van der Waals surface area contributed by atoms with Crippen LogP contribution in [0.5, 0.6) is 0 Å². The minimum absolute atomic E-state index is 0.00772. The number of carbonyl (C=O) groups excluding carboxylic acids is 1. The quantitative estimate of drug-likeness (QED) is 0.487. The normalized spacial score (nSPS) is 16.7. The van der Waals surface area contributed by atoms with E-state index in [9.17, 15) is 9.18 Å². The van der Waals surface area contributed by atoms with Crippen molar-refractivity contribution in [3.05, 3.63) is 58.9 Å². The molecule has 158 valence electrons. The number of likely N-dealkylation sites (tertiary alicyclic amines) is 1. The van der Waals surface area contributed by atoms with Crippen molar-refractivity contribution in [2.24, 2.45) is 5.92 Å². The van der Waals surface area contributed by atoms with E-state index in [0.717, 1.165) is 43.0 Å². The highest BCUT2D eigenvalue weighted by Gasteiger charge is 2.27. The Morgan fingerprint density at radius 2 is 2.19 bits per heavy atom. The minimum atomic E-state index is -0.346. The Morgan fingerprint density at radius 3 is 3.03 bits per heavy atom. The largest absolute Gasteiger partial charge is 0.338 e. The van der Waals surface area contributed by atoms with Gasteiger partial charge in [-0.1, -0.05) is 4.49 Å². The number of aryl methyl sites for hydroxylation is 1. The van der Waals surface area contributed by atoms with Crippen molar-refractivity contribution in [3.63, 3.8) is 0 Å². The highest BCUT2D eigenvalue weighted by atomic mass is 32.1. The van der Waals surface area contributed by atoms with Gasteiger partial charge in [0, 0.05) is 31.2 Å². The molecule has 0 aliphatic carbocycles. The summed E-state index contributed by atoms with van der Waals surface area (Å²) in [5.74, 6) is 0.474. The molecule has 4 aromatic heterocycles. The number of fused-ring (bicyclic) bond motifs is 1. The fourth-order valence-electron chi connectivity index (χ4n) is 4.04. The molecule has 0 spiro atoms. The van der Waals surface area contributed by atoms with Crippen molar-refractivity contribution in [3.8, 4) is 11.5 Å². The first-order chi connectivity index (χ1) is 15.1. The summed E-state index contributed by atoms with van der Waals surface area (Å²) in [4.78, 5) is 28.7. The van der Waals surface area contributed by atoms with E-state index in [-0.39, 0.29) is 11.7 Å². The summed E-state index contributed by atoms with van der Waals surface area (Å²) in [6.45, 7) is 3.23. The topological polar surface area (TPSA) is 89.2 Å². The second-order valence-corrected chi connectivity index (χ2v) is 8.50. The van der Waals surface area contributed by atoms with Crippen molar-refractivity contribution in [1.29, 1.82) is 0 Å².